The number of ether oxygens (including phenoxy) is 1. The van der Waals surface area contributed by atoms with E-state index in [0.29, 0.717) is 36.7 Å². The lowest BCUT2D eigenvalue weighted by Gasteiger charge is -2.55. The minimum absolute atomic E-state index is 0.0117. The van der Waals surface area contributed by atoms with Crippen LogP contribution in [0.15, 0.2) is 59.5 Å². The summed E-state index contributed by atoms with van der Waals surface area (Å²) in [6, 6.07) is 6.54. The van der Waals surface area contributed by atoms with Gasteiger partial charge < -0.3 is 31.3 Å². The van der Waals surface area contributed by atoms with Gasteiger partial charge in [0.15, 0.2) is 29.7 Å². The predicted octanol–water partition coefficient (Wildman–Crippen LogP) is 7.41. The zero-order valence-corrected chi connectivity index (χ0v) is 34.1. The fraction of sp³-hybridized carbons (Fsp3) is 0.419. The quantitative estimate of drug-likeness (QED) is 0.0968. The number of allylic oxidation sites excluding steroid dienone is 1. The summed E-state index contributed by atoms with van der Waals surface area (Å²) in [4.78, 5) is 52.4. The monoisotopic (exact) mass is 869 g/mol. The average Bonchev–Trinajstić information content (AvgIpc) is 3.54. The van der Waals surface area contributed by atoms with Gasteiger partial charge in [-0.2, -0.15) is 0 Å². The molecule has 318 valence electrons. The van der Waals surface area contributed by atoms with E-state index in [1.165, 1.54) is 50.7 Å². The summed E-state index contributed by atoms with van der Waals surface area (Å²) < 4.78 is 48.6. The molecule has 0 spiro atoms. The number of pyridine rings is 2. The molecule has 60 heavy (non-hydrogen) atoms. The lowest BCUT2D eigenvalue weighted by molar-refractivity contribution is -0.139. The van der Waals surface area contributed by atoms with Gasteiger partial charge in [-0.05, 0) is 110 Å². The molecular weight excluding hydrogens is 826 g/mol. The van der Waals surface area contributed by atoms with Crippen LogP contribution < -0.4 is 26.5 Å². The number of piperidine rings is 1. The number of carboxylic acid groups (broad SMARTS) is 2. The normalized spacial score (nSPS) is 25.4. The van der Waals surface area contributed by atoms with Gasteiger partial charge in [0.05, 0.1) is 16.1 Å². The van der Waals surface area contributed by atoms with Crippen LogP contribution in [0.5, 0.6) is 5.75 Å². The van der Waals surface area contributed by atoms with Crippen molar-refractivity contribution in [3.05, 3.63) is 104 Å². The highest BCUT2D eigenvalue weighted by atomic mass is 35.5. The summed E-state index contributed by atoms with van der Waals surface area (Å²) in [5.74, 6) is -1.95. The van der Waals surface area contributed by atoms with Crippen LogP contribution in [-0.2, 0) is 4.79 Å². The highest BCUT2D eigenvalue weighted by Crippen LogP contribution is 2.54. The molecule has 6 fully saturated rings. The Bertz CT molecular complexity index is 2430. The van der Waals surface area contributed by atoms with Gasteiger partial charge in [-0.25, -0.2) is 27.7 Å². The topological polar surface area (TPSA) is 191 Å². The third-order valence-electron chi connectivity index (χ3n) is 12.3. The van der Waals surface area contributed by atoms with E-state index in [0.717, 1.165) is 46.7 Å². The molecule has 2 aromatic heterocycles. The summed E-state index contributed by atoms with van der Waals surface area (Å²) in [6.45, 7) is 5.92. The number of nitrogens with two attached hydrogens (primary N) is 2. The second-order valence-electron chi connectivity index (χ2n) is 16.6. The number of rotatable bonds is 9. The number of carbonyl (C=O) groups excluding carboxylic acids is 1. The van der Waals surface area contributed by atoms with Crippen molar-refractivity contribution in [1.29, 1.82) is 0 Å². The maximum atomic E-state index is 14.8. The Morgan fingerprint density at radius 1 is 0.933 bits per heavy atom. The molecule has 4 bridgehead atoms. The molecule has 2 aromatic carbocycles. The van der Waals surface area contributed by atoms with Crippen LogP contribution in [0, 0.1) is 47.0 Å². The largest absolute Gasteiger partial charge is 0.480 e. The molecule has 5 saturated carbocycles. The van der Waals surface area contributed by atoms with Crippen LogP contribution in [0.1, 0.15) is 72.6 Å². The van der Waals surface area contributed by atoms with Gasteiger partial charge in [-0.1, -0.05) is 36.7 Å². The van der Waals surface area contributed by atoms with Gasteiger partial charge >= 0.3 is 11.9 Å². The second-order valence-corrected chi connectivity index (χ2v) is 17.4. The number of nitrogens with zero attached hydrogens (tertiary/aromatic N) is 3. The zero-order valence-electron chi connectivity index (χ0n) is 32.6. The molecule has 5 aliphatic carbocycles. The molecule has 0 radical (unpaired) electrons. The number of fused-ring (bicyclic) bond motifs is 2. The van der Waals surface area contributed by atoms with Crippen LogP contribution in [-0.4, -0.2) is 68.8 Å². The Hall–Kier alpha value is -4.96. The number of benzene rings is 2. The van der Waals surface area contributed by atoms with Crippen molar-refractivity contribution in [2.45, 2.75) is 63.5 Å². The predicted molar refractivity (Wildman–Crippen MR) is 220 cm³/mol. The van der Waals surface area contributed by atoms with Crippen LogP contribution in [0.25, 0.3) is 16.7 Å². The number of anilines is 1. The van der Waals surface area contributed by atoms with Gasteiger partial charge in [-0.15, -0.1) is 0 Å². The molecule has 6 aliphatic rings. The minimum atomic E-state index is -1.56. The SMILES string of the molecule is C=C(CC)C(=O)c1ccc(OCC(=O)O)c(Cl)c1Cl.NC12CC3CC(CC(C3)C1)C2.NC1[C@H]2CN(c3nc4c(cc3F)c(=O)c(C(=O)O)cn4-c3ccc(F)cc3F)C[C@@H]12. The highest BCUT2D eigenvalue weighted by Gasteiger charge is 2.54. The van der Waals surface area contributed by atoms with E-state index in [-0.39, 0.29) is 67.6 Å². The van der Waals surface area contributed by atoms with Crippen LogP contribution >= 0.6 is 23.2 Å². The lowest BCUT2D eigenvalue weighted by Crippen LogP contribution is -2.55. The molecule has 10 rings (SSSR count). The summed E-state index contributed by atoms with van der Waals surface area (Å²) in [5.41, 5.74) is 11.2. The Morgan fingerprint density at radius 2 is 1.55 bits per heavy atom. The lowest BCUT2D eigenvalue weighted by atomic mass is 9.53. The number of carboxylic acids is 2. The highest BCUT2D eigenvalue weighted by molar-refractivity contribution is 6.45. The van der Waals surface area contributed by atoms with E-state index < -0.39 is 47.0 Å². The van der Waals surface area contributed by atoms with Gasteiger partial charge in [0.1, 0.15) is 28.0 Å². The number of aromatic carboxylic acids is 1. The molecule has 1 unspecified atom stereocenters. The standard InChI is InChI=1S/C20H15F3N4O3.C13H12Cl2O4.C10H17N/c21-8-1-2-15(13(22)3-8)27-7-12(20(29)30)17(28)9-4-14(23)19(25-18(9)27)26-5-10-11(6-26)16(10)24;1-3-7(2)13(18)8-4-5-9(12(15)11(8)14)19-6-10(16)17;11-10-4-7-1-8(5-10)3-9(2-7)6-10/h1-4,7,10-11,16H,5-6,24H2,(H,29,30);4-5H,2-3,6H2,1H3,(H,16,17);7-9H,1-6,11H2/t10-,11+,16?;;. The Kier molecular flexibility index (Phi) is 12.1. The first kappa shape index (κ1) is 43.1. The maximum absolute atomic E-state index is 14.8. The smallest absolute Gasteiger partial charge is 0.341 e. The number of aliphatic carboxylic acids is 1. The fourth-order valence-corrected chi connectivity index (χ4v) is 10.1. The molecule has 3 atom stereocenters. The van der Waals surface area contributed by atoms with Crippen molar-refractivity contribution in [2.24, 2.45) is 41.1 Å². The molecule has 12 nitrogen and oxygen atoms in total. The van der Waals surface area contributed by atoms with E-state index in [1.54, 1.807) is 11.8 Å². The van der Waals surface area contributed by atoms with Gasteiger partial charge in [0, 0.05) is 42.5 Å². The minimum Gasteiger partial charge on any atom is -0.480 e. The number of carbonyl (C=O) groups is 3. The molecule has 1 aliphatic heterocycles. The van der Waals surface area contributed by atoms with E-state index in [9.17, 15) is 37.5 Å². The van der Waals surface area contributed by atoms with E-state index in [4.69, 9.17) is 44.5 Å². The van der Waals surface area contributed by atoms with Crippen molar-refractivity contribution in [1.82, 2.24) is 9.55 Å². The number of ketones is 1. The Balaban J connectivity index is 0.000000154. The summed E-state index contributed by atoms with van der Waals surface area (Å²) in [5, 5.41) is 17.6. The number of halogens is 5. The zero-order chi connectivity index (χ0) is 43.4. The molecule has 0 amide bonds. The second kappa shape index (κ2) is 16.8. The molecule has 1 saturated heterocycles. The van der Waals surface area contributed by atoms with E-state index in [2.05, 4.69) is 11.6 Å². The van der Waals surface area contributed by atoms with E-state index >= 15 is 0 Å². The number of aromatic nitrogens is 2. The molecule has 3 heterocycles. The Morgan fingerprint density at radius 3 is 2.08 bits per heavy atom. The van der Waals surface area contributed by atoms with Crippen LogP contribution in [0.4, 0.5) is 19.0 Å². The third-order valence-corrected chi connectivity index (χ3v) is 13.2. The first-order chi connectivity index (χ1) is 28.4. The average molecular weight is 871 g/mol. The molecule has 17 heteroatoms. The van der Waals surface area contributed by atoms with E-state index in [1.807, 2.05) is 0 Å². The van der Waals surface area contributed by atoms with Crippen molar-refractivity contribution >= 4 is 57.8 Å². The third kappa shape index (κ3) is 8.63. The first-order valence-corrected chi connectivity index (χ1v) is 20.4. The van der Waals surface area contributed by atoms with Crippen molar-refractivity contribution in [3.63, 3.8) is 0 Å². The molecule has 6 N–H and O–H groups in total. The number of Topliss-reactive ketones (excluding diaryl/α,β-unsaturated/α-hetero) is 1. The van der Waals surface area contributed by atoms with Gasteiger partial charge in [0.25, 0.3) is 0 Å². The van der Waals surface area contributed by atoms with Gasteiger partial charge in [-0.3, -0.25) is 14.2 Å². The van der Waals surface area contributed by atoms with Crippen LogP contribution in [0.2, 0.25) is 10.0 Å². The molecular formula is C43H44Cl2F3N5O7. The molecule has 4 aromatic rings. The van der Waals surface area contributed by atoms with Crippen molar-refractivity contribution < 1.29 is 42.5 Å². The van der Waals surface area contributed by atoms with Crippen molar-refractivity contribution in [3.8, 4) is 11.4 Å². The number of hydrogen-bond acceptors (Lipinski definition) is 9. The summed E-state index contributed by atoms with van der Waals surface area (Å²) in [7, 11) is 0. The van der Waals surface area contributed by atoms with Crippen molar-refractivity contribution in [2.75, 3.05) is 24.6 Å². The Labute approximate surface area is 352 Å². The number of hydrogen-bond donors (Lipinski definition) is 4. The van der Waals surface area contributed by atoms with Gasteiger partial charge in [0.2, 0.25) is 5.43 Å². The fourth-order valence-electron chi connectivity index (χ4n) is 9.68. The maximum Gasteiger partial charge on any atom is 0.341 e. The summed E-state index contributed by atoms with van der Waals surface area (Å²) in [6.07, 6.45) is 9.99. The van der Waals surface area contributed by atoms with Crippen LogP contribution in [0.3, 0.4) is 0 Å². The summed E-state index contributed by atoms with van der Waals surface area (Å²) >= 11 is 11.9. The first-order valence-electron chi connectivity index (χ1n) is 19.7.